The molecule has 1 rings (SSSR count). The first-order valence-corrected chi connectivity index (χ1v) is 5.72. The summed E-state index contributed by atoms with van der Waals surface area (Å²) >= 11 is 0. The average molecular weight is 199 g/mol. The third kappa shape index (κ3) is 2.69. The van der Waals surface area contributed by atoms with E-state index in [1.54, 1.807) is 25.4 Å². The number of hydrogen-bond donors (Lipinski definition) is 2. The molecule has 0 aliphatic rings. The molecule has 0 aliphatic heterocycles. The zero-order chi connectivity index (χ0) is 9.90. The molecule has 0 amide bonds. The Labute approximate surface area is 78.5 Å². The van der Waals surface area contributed by atoms with Crippen molar-refractivity contribution in [2.75, 3.05) is 10.5 Å². The Morgan fingerprint density at radius 1 is 1.69 bits per heavy atom. The summed E-state index contributed by atoms with van der Waals surface area (Å²) in [5, 5.41) is 0. The Hall–Kier alpha value is -1.10. The Morgan fingerprint density at radius 3 is 2.92 bits per heavy atom. The first-order chi connectivity index (χ1) is 6.05. The Bertz CT molecular complexity index is 386. The number of nitrogens with zero attached hydrogens (tertiary/aromatic N) is 1. The standard InChI is InChI=1S/C8H13N3OS/c1-3-13(9,12)11-8-4-5-10-6-7(8)2/h4-6H,3H2,1-2H3,(H2,9,10,11,12). The lowest BCUT2D eigenvalue weighted by Crippen LogP contribution is -2.13. The van der Waals surface area contributed by atoms with Gasteiger partial charge in [-0.15, -0.1) is 0 Å². The number of hydrogen-bond acceptors (Lipinski definition) is 3. The topological polar surface area (TPSA) is 65.8 Å². The highest BCUT2D eigenvalue weighted by Gasteiger charge is 2.04. The molecule has 0 spiro atoms. The maximum atomic E-state index is 11.4. The Morgan fingerprint density at radius 2 is 2.38 bits per heavy atom. The quantitative estimate of drug-likeness (QED) is 0.779. The summed E-state index contributed by atoms with van der Waals surface area (Å²) in [6, 6.07) is 1.72. The Kier molecular flexibility index (Phi) is 2.87. The van der Waals surface area contributed by atoms with Gasteiger partial charge in [0.1, 0.15) is 9.92 Å². The van der Waals surface area contributed by atoms with Crippen LogP contribution in [0.4, 0.5) is 5.69 Å². The number of pyridine rings is 1. The summed E-state index contributed by atoms with van der Waals surface area (Å²) < 4.78 is 21.5. The summed E-state index contributed by atoms with van der Waals surface area (Å²) in [7, 11) is -2.67. The largest absolute Gasteiger partial charge is 0.299 e. The van der Waals surface area contributed by atoms with Crippen molar-refractivity contribution in [3.63, 3.8) is 0 Å². The fourth-order valence-electron chi connectivity index (χ4n) is 0.838. The number of nitrogens with one attached hydrogen (secondary N) is 2. The van der Waals surface area contributed by atoms with Gasteiger partial charge in [0, 0.05) is 18.1 Å². The van der Waals surface area contributed by atoms with Crippen LogP contribution in [0.1, 0.15) is 12.5 Å². The molecule has 72 valence electrons. The van der Waals surface area contributed by atoms with Crippen molar-refractivity contribution in [3.8, 4) is 0 Å². The molecule has 1 aromatic heterocycles. The van der Waals surface area contributed by atoms with Crippen molar-refractivity contribution in [1.29, 1.82) is 4.78 Å². The molecule has 5 heteroatoms. The molecule has 4 nitrogen and oxygen atoms in total. The van der Waals surface area contributed by atoms with Crippen LogP contribution in [0.25, 0.3) is 0 Å². The van der Waals surface area contributed by atoms with E-state index in [2.05, 4.69) is 9.71 Å². The second-order valence-corrected chi connectivity index (χ2v) is 4.89. The van der Waals surface area contributed by atoms with E-state index in [9.17, 15) is 4.21 Å². The van der Waals surface area contributed by atoms with Crippen LogP contribution in [-0.2, 0) is 9.92 Å². The van der Waals surface area contributed by atoms with E-state index in [4.69, 9.17) is 4.78 Å². The molecule has 2 N–H and O–H groups in total. The predicted molar refractivity (Wildman–Crippen MR) is 54.0 cm³/mol. The fraction of sp³-hybridized carbons (Fsp3) is 0.375. The van der Waals surface area contributed by atoms with Gasteiger partial charge in [0.05, 0.1) is 5.69 Å². The van der Waals surface area contributed by atoms with E-state index >= 15 is 0 Å². The van der Waals surface area contributed by atoms with Crippen molar-refractivity contribution < 1.29 is 4.21 Å². The molecule has 13 heavy (non-hydrogen) atoms. The minimum absolute atomic E-state index is 0.300. The highest BCUT2D eigenvalue weighted by atomic mass is 32.2. The summed E-state index contributed by atoms with van der Waals surface area (Å²) in [6.07, 6.45) is 3.29. The van der Waals surface area contributed by atoms with Crippen LogP contribution < -0.4 is 4.72 Å². The molecule has 0 saturated carbocycles. The number of aromatic nitrogens is 1. The van der Waals surface area contributed by atoms with Crippen molar-refractivity contribution in [1.82, 2.24) is 4.98 Å². The summed E-state index contributed by atoms with van der Waals surface area (Å²) in [5.74, 6) is 0.300. The van der Waals surface area contributed by atoms with E-state index in [0.717, 1.165) is 11.3 Å². The van der Waals surface area contributed by atoms with Crippen LogP contribution in [0.15, 0.2) is 18.5 Å². The number of anilines is 1. The van der Waals surface area contributed by atoms with Gasteiger partial charge in [-0.05, 0) is 18.6 Å². The zero-order valence-electron chi connectivity index (χ0n) is 7.70. The van der Waals surface area contributed by atoms with Crippen LogP contribution >= 0.6 is 0 Å². The second kappa shape index (κ2) is 3.74. The molecular weight excluding hydrogens is 186 g/mol. The Balaban J connectivity index is 2.93. The zero-order valence-corrected chi connectivity index (χ0v) is 8.52. The normalized spacial score (nSPS) is 14.9. The molecule has 0 aromatic carbocycles. The van der Waals surface area contributed by atoms with Crippen molar-refractivity contribution >= 4 is 15.6 Å². The van der Waals surface area contributed by atoms with Crippen molar-refractivity contribution in [2.45, 2.75) is 13.8 Å². The lowest BCUT2D eigenvalue weighted by molar-refractivity contribution is 0.679. The monoisotopic (exact) mass is 199 g/mol. The first kappa shape index (κ1) is 9.98. The van der Waals surface area contributed by atoms with Gasteiger partial charge >= 0.3 is 0 Å². The molecule has 0 aliphatic carbocycles. The van der Waals surface area contributed by atoms with Crippen molar-refractivity contribution in [2.24, 2.45) is 0 Å². The lowest BCUT2D eigenvalue weighted by Gasteiger charge is -2.10. The summed E-state index contributed by atoms with van der Waals surface area (Å²) in [6.45, 7) is 3.58. The van der Waals surface area contributed by atoms with Gasteiger partial charge in [-0.25, -0.2) is 8.99 Å². The van der Waals surface area contributed by atoms with Gasteiger partial charge in [-0.3, -0.25) is 9.71 Å². The smallest absolute Gasteiger partial charge is 0.126 e. The predicted octanol–water partition coefficient (Wildman–Crippen LogP) is 1.78. The molecule has 1 aromatic rings. The van der Waals surface area contributed by atoms with Gasteiger partial charge in [0.2, 0.25) is 0 Å². The average Bonchev–Trinajstić information content (AvgIpc) is 2.09. The number of aryl methyl sites for hydroxylation is 1. The molecule has 0 fully saturated rings. The maximum absolute atomic E-state index is 11.4. The van der Waals surface area contributed by atoms with E-state index in [1.807, 2.05) is 6.92 Å². The van der Waals surface area contributed by atoms with Crippen LogP contribution in [-0.4, -0.2) is 14.9 Å². The fourth-order valence-corrected chi connectivity index (χ4v) is 1.57. The number of rotatable bonds is 3. The molecule has 1 unspecified atom stereocenters. The van der Waals surface area contributed by atoms with E-state index in [0.29, 0.717) is 5.75 Å². The highest BCUT2D eigenvalue weighted by Crippen LogP contribution is 2.13. The van der Waals surface area contributed by atoms with Crippen LogP contribution in [0.3, 0.4) is 0 Å². The third-order valence-corrected chi connectivity index (χ3v) is 3.06. The SMILES string of the molecule is CCS(=N)(=O)Nc1ccncc1C. The van der Waals surface area contributed by atoms with Crippen LogP contribution in [0.5, 0.6) is 0 Å². The van der Waals surface area contributed by atoms with Gasteiger partial charge in [-0.1, -0.05) is 6.92 Å². The first-order valence-electron chi connectivity index (χ1n) is 4.00. The van der Waals surface area contributed by atoms with E-state index in [-0.39, 0.29) is 0 Å². The molecule has 1 heterocycles. The lowest BCUT2D eigenvalue weighted by atomic mass is 10.3. The van der Waals surface area contributed by atoms with E-state index in [1.165, 1.54) is 0 Å². The van der Waals surface area contributed by atoms with Crippen LogP contribution in [0.2, 0.25) is 0 Å². The van der Waals surface area contributed by atoms with Gasteiger partial charge in [-0.2, -0.15) is 0 Å². The molecule has 0 radical (unpaired) electrons. The third-order valence-electron chi connectivity index (χ3n) is 1.70. The van der Waals surface area contributed by atoms with Gasteiger partial charge < -0.3 is 0 Å². The molecule has 0 saturated heterocycles. The minimum Gasteiger partial charge on any atom is -0.299 e. The van der Waals surface area contributed by atoms with Crippen molar-refractivity contribution in [3.05, 3.63) is 24.0 Å². The van der Waals surface area contributed by atoms with Gasteiger partial charge in [0.25, 0.3) is 0 Å². The van der Waals surface area contributed by atoms with E-state index < -0.39 is 9.92 Å². The summed E-state index contributed by atoms with van der Waals surface area (Å²) in [4.78, 5) is 3.91. The molecular formula is C8H13N3OS. The van der Waals surface area contributed by atoms with Crippen LogP contribution in [0, 0.1) is 11.7 Å². The molecule has 0 bridgehead atoms. The second-order valence-electron chi connectivity index (χ2n) is 2.76. The maximum Gasteiger partial charge on any atom is 0.126 e. The highest BCUT2D eigenvalue weighted by molar-refractivity contribution is 7.93. The van der Waals surface area contributed by atoms with Gasteiger partial charge in [0.15, 0.2) is 0 Å². The minimum atomic E-state index is -2.67. The summed E-state index contributed by atoms with van der Waals surface area (Å²) in [5.41, 5.74) is 1.62. The molecule has 1 atom stereocenters.